The van der Waals surface area contributed by atoms with Crippen LogP contribution in [0.5, 0.6) is 5.75 Å². The molecule has 3 saturated heterocycles. The fraction of sp³-hybridized carbons (Fsp3) is 0.375. The third-order valence-electron chi connectivity index (χ3n) is 7.66. The Bertz CT molecular complexity index is 1270. The van der Waals surface area contributed by atoms with Gasteiger partial charge < -0.3 is 10.1 Å². The summed E-state index contributed by atoms with van der Waals surface area (Å²) in [5.41, 5.74) is 0.481. The number of imide groups is 1. The number of anilines is 2. The number of nitrogens with one attached hydrogen (secondary N) is 1. The first-order chi connectivity index (χ1) is 15.8. The highest BCUT2D eigenvalue weighted by atomic mass is 35.5. The number of benzene rings is 2. The van der Waals surface area contributed by atoms with Crippen LogP contribution in [0.4, 0.5) is 15.8 Å². The first kappa shape index (κ1) is 20.6. The van der Waals surface area contributed by atoms with Crippen LogP contribution in [0, 0.1) is 24.6 Å². The Hall–Kier alpha value is -2.97. The lowest BCUT2D eigenvalue weighted by Crippen LogP contribution is -2.54. The van der Waals surface area contributed by atoms with Crippen LogP contribution < -0.4 is 15.0 Å². The summed E-state index contributed by atoms with van der Waals surface area (Å²) in [7, 11) is 1.44. The van der Waals surface area contributed by atoms with Crippen LogP contribution in [0.2, 0.25) is 5.02 Å². The predicted molar refractivity (Wildman–Crippen MR) is 119 cm³/mol. The lowest BCUT2D eigenvalue weighted by Gasteiger charge is -2.36. The van der Waals surface area contributed by atoms with Gasteiger partial charge in [-0.15, -0.1) is 0 Å². The van der Waals surface area contributed by atoms with Gasteiger partial charge in [-0.3, -0.25) is 19.3 Å². The summed E-state index contributed by atoms with van der Waals surface area (Å²) in [5.74, 6) is -3.09. The van der Waals surface area contributed by atoms with Crippen LogP contribution in [0.1, 0.15) is 24.0 Å². The van der Waals surface area contributed by atoms with E-state index in [1.54, 1.807) is 19.1 Å². The third-order valence-corrected chi connectivity index (χ3v) is 8.06. The molecule has 4 aliphatic rings. The van der Waals surface area contributed by atoms with Crippen molar-refractivity contribution in [3.05, 3.63) is 52.3 Å². The molecule has 0 saturated carbocycles. The highest BCUT2D eigenvalue weighted by Gasteiger charge is 2.74. The lowest BCUT2D eigenvalue weighted by atomic mass is 9.75. The number of rotatable bonds is 2. The van der Waals surface area contributed by atoms with Crippen molar-refractivity contribution in [2.75, 3.05) is 23.9 Å². The molecular formula is C24H21ClFN3O4. The van der Waals surface area contributed by atoms with Crippen LogP contribution in [-0.4, -0.2) is 42.3 Å². The van der Waals surface area contributed by atoms with E-state index in [1.165, 1.54) is 25.3 Å². The molecule has 2 aromatic rings. The van der Waals surface area contributed by atoms with Crippen LogP contribution >= 0.6 is 11.6 Å². The maximum atomic E-state index is 14.4. The summed E-state index contributed by atoms with van der Waals surface area (Å²) >= 11 is 6.24. The molecule has 1 spiro atoms. The molecule has 0 aromatic heterocycles. The minimum atomic E-state index is -1.42. The van der Waals surface area contributed by atoms with E-state index in [9.17, 15) is 18.8 Å². The molecule has 1 N–H and O–H groups in total. The van der Waals surface area contributed by atoms with Gasteiger partial charge in [-0.25, -0.2) is 9.29 Å². The fourth-order valence-electron chi connectivity index (χ4n) is 6.40. The Kier molecular flexibility index (Phi) is 4.23. The largest absolute Gasteiger partial charge is 0.495 e. The van der Waals surface area contributed by atoms with Crippen molar-refractivity contribution in [1.29, 1.82) is 0 Å². The van der Waals surface area contributed by atoms with E-state index in [0.717, 1.165) is 11.3 Å². The molecule has 4 heterocycles. The summed E-state index contributed by atoms with van der Waals surface area (Å²) in [5, 5.41) is 3.29. The van der Waals surface area contributed by atoms with Crippen LogP contribution in [0.25, 0.3) is 0 Å². The summed E-state index contributed by atoms with van der Waals surface area (Å²) in [6.45, 7) is 2.34. The number of hydrogen-bond donors (Lipinski definition) is 1. The van der Waals surface area contributed by atoms with Crippen LogP contribution in [0.15, 0.2) is 30.3 Å². The number of carbonyl (C=O) groups is 3. The van der Waals surface area contributed by atoms with Crippen molar-refractivity contribution in [2.45, 2.75) is 31.3 Å². The molecule has 3 amide bonds. The molecule has 0 aliphatic carbocycles. The van der Waals surface area contributed by atoms with Crippen molar-refractivity contribution in [2.24, 2.45) is 11.8 Å². The van der Waals surface area contributed by atoms with E-state index < -0.39 is 29.1 Å². The second-order valence-electron chi connectivity index (χ2n) is 9.10. The Balaban J connectivity index is 1.56. The zero-order chi connectivity index (χ0) is 23.2. The van der Waals surface area contributed by atoms with Gasteiger partial charge in [0.1, 0.15) is 17.1 Å². The van der Waals surface area contributed by atoms with Gasteiger partial charge in [-0.05, 0) is 56.1 Å². The van der Waals surface area contributed by atoms with E-state index >= 15 is 0 Å². The van der Waals surface area contributed by atoms with E-state index in [1.807, 2.05) is 4.90 Å². The minimum Gasteiger partial charge on any atom is -0.495 e. The number of nitrogens with zero attached hydrogens (tertiary/aromatic N) is 2. The Morgan fingerprint density at radius 2 is 1.97 bits per heavy atom. The average Bonchev–Trinajstić information content (AvgIpc) is 3.48. The monoisotopic (exact) mass is 469 g/mol. The van der Waals surface area contributed by atoms with E-state index in [4.69, 9.17) is 16.3 Å². The number of hydrogen-bond acceptors (Lipinski definition) is 5. The van der Waals surface area contributed by atoms with Crippen LogP contribution in [-0.2, 0) is 19.9 Å². The van der Waals surface area contributed by atoms with Gasteiger partial charge in [0.25, 0.3) is 0 Å². The van der Waals surface area contributed by atoms with Crippen molar-refractivity contribution in [1.82, 2.24) is 4.90 Å². The molecule has 4 atom stereocenters. The maximum absolute atomic E-state index is 14.4. The van der Waals surface area contributed by atoms with Gasteiger partial charge in [0.05, 0.1) is 24.6 Å². The summed E-state index contributed by atoms with van der Waals surface area (Å²) in [6, 6.07) is 7.06. The molecule has 170 valence electrons. The molecule has 6 rings (SSSR count). The maximum Gasteiger partial charge on any atom is 0.250 e. The number of halogens is 2. The highest BCUT2D eigenvalue weighted by Crippen LogP contribution is 2.61. The van der Waals surface area contributed by atoms with Gasteiger partial charge in [-0.1, -0.05) is 11.6 Å². The number of aryl methyl sites for hydroxylation is 1. The Morgan fingerprint density at radius 3 is 2.73 bits per heavy atom. The fourth-order valence-corrected chi connectivity index (χ4v) is 6.55. The Labute approximate surface area is 194 Å². The predicted octanol–water partition coefficient (Wildman–Crippen LogP) is 3.23. The SMILES string of the molecule is COc1cc(Cl)c(C)cc1N1C(=O)[C@@H]2[C@@H](C1=O)[C@]1(C(=O)Nc3ccc(F)cc31)N1CCC[C@@H]21. The summed E-state index contributed by atoms with van der Waals surface area (Å²) in [4.78, 5) is 44.5. The third kappa shape index (κ3) is 2.40. The topological polar surface area (TPSA) is 78.9 Å². The van der Waals surface area contributed by atoms with Crippen molar-refractivity contribution < 1.29 is 23.5 Å². The molecule has 0 bridgehead atoms. The van der Waals surface area contributed by atoms with Gasteiger partial charge >= 0.3 is 0 Å². The van der Waals surface area contributed by atoms with E-state index in [0.29, 0.717) is 46.2 Å². The van der Waals surface area contributed by atoms with Crippen molar-refractivity contribution in [3.8, 4) is 5.75 Å². The molecule has 9 heteroatoms. The van der Waals surface area contributed by atoms with E-state index in [-0.39, 0.29) is 17.9 Å². The van der Waals surface area contributed by atoms with E-state index in [2.05, 4.69) is 5.32 Å². The number of fused-ring (bicyclic) bond motifs is 7. The number of ether oxygens (including phenoxy) is 1. The summed E-state index contributed by atoms with van der Waals surface area (Å²) < 4.78 is 19.8. The minimum absolute atomic E-state index is 0.282. The quantitative estimate of drug-likeness (QED) is 0.683. The number of carbonyl (C=O) groups excluding carboxylic acids is 3. The van der Waals surface area contributed by atoms with Gasteiger partial charge in [0, 0.05) is 28.4 Å². The van der Waals surface area contributed by atoms with Crippen molar-refractivity contribution in [3.63, 3.8) is 0 Å². The average molecular weight is 470 g/mol. The number of methoxy groups -OCH3 is 1. The number of amides is 3. The van der Waals surface area contributed by atoms with Gasteiger partial charge in [-0.2, -0.15) is 0 Å². The standard InChI is InChI=1S/C24H21ClFN3O4/c1-11-8-17(18(33-2)10-14(11)25)29-21(30)19-16-4-3-7-28(16)24(20(19)22(29)31)13-9-12(26)5-6-15(13)27-23(24)32/h5-6,8-10,16,19-20H,3-4,7H2,1-2H3,(H,27,32)/t16-,19-,20-,24+/m0/s1. The van der Waals surface area contributed by atoms with Crippen molar-refractivity contribution >= 4 is 40.7 Å². The molecular weight excluding hydrogens is 449 g/mol. The normalized spacial score (nSPS) is 30.1. The second kappa shape index (κ2) is 6.77. The molecule has 2 aromatic carbocycles. The molecule has 7 nitrogen and oxygen atoms in total. The van der Waals surface area contributed by atoms with Gasteiger partial charge in [0.2, 0.25) is 17.7 Å². The smallest absolute Gasteiger partial charge is 0.250 e. The molecule has 4 aliphatic heterocycles. The first-order valence-electron chi connectivity index (χ1n) is 10.9. The second-order valence-corrected chi connectivity index (χ2v) is 9.51. The zero-order valence-corrected chi connectivity index (χ0v) is 18.8. The molecule has 33 heavy (non-hydrogen) atoms. The zero-order valence-electron chi connectivity index (χ0n) is 18.0. The molecule has 0 unspecified atom stereocenters. The first-order valence-corrected chi connectivity index (χ1v) is 11.3. The molecule has 3 fully saturated rings. The lowest BCUT2D eigenvalue weighted by molar-refractivity contribution is -0.135. The van der Waals surface area contributed by atoms with Crippen LogP contribution in [0.3, 0.4) is 0 Å². The molecule has 0 radical (unpaired) electrons. The summed E-state index contributed by atoms with van der Waals surface area (Å²) in [6.07, 6.45) is 1.48. The van der Waals surface area contributed by atoms with Gasteiger partial charge in [0.15, 0.2) is 0 Å². The Morgan fingerprint density at radius 1 is 1.18 bits per heavy atom. The highest BCUT2D eigenvalue weighted by molar-refractivity contribution is 6.32.